The molecule has 1 aliphatic carbocycles. The number of piperazine rings is 1. The Balaban J connectivity index is 1.26. The molecule has 1 aliphatic heterocycles. The van der Waals surface area contributed by atoms with Gasteiger partial charge in [-0.25, -0.2) is 9.97 Å². The van der Waals surface area contributed by atoms with Crippen LogP contribution < -0.4 is 15.0 Å². The quantitative estimate of drug-likeness (QED) is 0.556. The van der Waals surface area contributed by atoms with E-state index in [0.29, 0.717) is 12.0 Å². The summed E-state index contributed by atoms with van der Waals surface area (Å²) in [6.07, 6.45) is 5.09. The predicted octanol–water partition coefficient (Wildman–Crippen LogP) is 4.59. The molecule has 7 heteroatoms. The Hall–Kier alpha value is -2.90. The van der Waals surface area contributed by atoms with E-state index < -0.39 is 0 Å². The minimum absolute atomic E-state index is 0.121. The van der Waals surface area contributed by atoms with Gasteiger partial charge in [0.1, 0.15) is 11.3 Å². The Kier molecular flexibility index (Phi) is 6.83. The number of nitrogens with zero attached hydrogens (tertiary/aromatic N) is 4. The molecule has 2 N–H and O–H groups in total. The maximum Gasteiger partial charge on any atom is 0.227 e. The first-order valence-corrected chi connectivity index (χ1v) is 12.5. The largest absolute Gasteiger partial charge is 0.488 e. The first kappa shape index (κ1) is 22.9. The highest BCUT2D eigenvalue weighted by Crippen LogP contribution is 2.30. The van der Waals surface area contributed by atoms with E-state index in [-0.39, 0.29) is 12.2 Å². The van der Waals surface area contributed by atoms with Gasteiger partial charge in [-0.2, -0.15) is 0 Å². The molecule has 0 spiro atoms. The topological polar surface area (TPSA) is 73.8 Å². The third-order valence-electron chi connectivity index (χ3n) is 7.04. The van der Waals surface area contributed by atoms with E-state index in [0.717, 1.165) is 74.2 Å². The zero-order valence-electron chi connectivity index (χ0n) is 20.2. The Bertz CT molecular complexity index is 1090. The average Bonchev–Trinajstić information content (AvgIpc) is 2.86. The number of aliphatic hydroxyl groups excluding tert-OH is 1. The maximum absolute atomic E-state index is 9.77. The van der Waals surface area contributed by atoms with E-state index in [4.69, 9.17) is 9.72 Å². The lowest BCUT2D eigenvalue weighted by Crippen LogP contribution is -2.48. The fourth-order valence-electron chi connectivity index (χ4n) is 4.91. The summed E-state index contributed by atoms with van der Waals surface area (Å²) < 4.78 is 6.29. The van der Waals surface area contributed by atoms with Crippen LogP contribution in [0.1, 0.15) is 39.5 Å². The number of fused-ring (bicyclic) bond motifs is 1. The molecule has 0 radical (unpaired) electrons. The first-order chi connectivity index (χ1) is 16.5. The van der Waals surface area contributed by atoms with Crippen molar-refractivity contribution in [2.24, 2.45) is 0 Å². The molecule has 1 saturated heterocycles. The summed E-state index contributed by atoms with van der Waals surface area (Å²) in [5.74, 6) is 1.33. The maximum atomic E-state index is 9.77. The summed E-state index contributed by atoms with van der Waals surface area (Å²) in [6.45, 7) is 8.86. The minimum Gasteiger partial charge on any atom is -0.488 e. The zero-order valence-corrected chi connectivity index (χ0v) is 20.2. The SMILES string of the molecule is CC(C)N1CCN(c2ccc(Nc3ncc4cccc(OC5CCC(O)CC5)c4n3)cc2)CC1. The van der Waals surface area contributed by atoms with E-state index in [1.54, 1.807) is 0 Å². The van der Waals surface area contributed by atoms with Crippen molar-refractivity contribution < 1.29 is 9.84 Å². The van der Waals surface area contributed by atoms with Crippen LogP contribution in [0.25, 0.3) is 10.9 Å². The molecule has 2 fully saturated rings. The van der Waals surface area contributed by atoms with Gasteiger partial charge in [0.25, 0.3) is 0 Å². The molecule has 0 unspecified atom stereocenters. The van der Waals surface area contributed by atoms with Gasteiger partial charge < -0.3 is 20.1 Å². The van der Waals surface area contributed by atoms with Crippen molar-refractivity contribution in [2.75, 3.05) is 36.4 Å². The Morgan fingerprint density at radius 3 is 2.41 bits per heavy atom. The van der Waals surface area contributed by atoms with Crippen LogP contribution in [-0.2, 0) is 0 Å². The second kappa shape index (κ2) is 10.2. The van der Waals surface area contributed by atoms with Crippen molar-refractivity contribution in [1.29, 1.82) is 0 Å². The van der Waals surface area contributed by atoms with Crippen molar-refractivity contribution in [3.8, 4) is 5.75 Å². The van der Waals surface area contributed by atoms with Crippen LogP contribution in [0.5, 0.6) is 5.75 Å². The molecule has 7 nitrogen and oxygen atoms in total. The van der Waals surface area contributed by atoms with Crippen LogP contribution in [0.4, 0.5) is 17.3 Å². The molecule has 2 aliphatic rings. The van der Waals surface area contributed by atoms with E-state index >= 15 is 0 Å². The van der Waals surface area contributed by atoms with Gasteiger partial charge in [0.15, 0.2) is 0 Å². The Labute approximate surface area is 201 Å². The molecule has 180 valence electrons. The number of nitrogens with one attached hydrogen (secondary N) is 1. The lowest BCUT2D eigenvalue weighted by Gasteiger charge is -2.38. The number of aromatic nitrogens is 2. The lowest BCUT2D eigenvalue weighted by atomic mass is 9.95. The third kappa shape index (κ3) is 5.26. The fraction of sp³-hybridized carbons (Fsp3) is 0.481. The molecular formula is C27H35N5O2. The van der Waals surface area contributed by atoms with E-state index in [1.165, 1.54) is 5.69 Å². The predicted molar refractivity (Wildman–Crippen MR) is 137 cm³/mol. The van der Waals surface area contributed by atoms with Crippen LogP contribution in [-0.4, -0.2) is 64.4 Å². The summed E-state index contributed by atoms with van der Waals surface area (Å²) in [7, 11) is 0. The molecular weight excluding hydrogens is 426 g/mol. The molecule has 0 bridgehead atoms. The second-order valence-corrected chi connectivity index (χ2v) is 9.72. The summed E-state index contributed by atoms with van der Waals surface area (Å²) in [6, 6.07) is 15.1. The standard InChI is InChI=1S/C27H35N5O2/c1-19(2)31-14-16-32(17-15-31)22-8-6-21(7-9-22)29-27-28-18-20-4-3-5-25(26(20)30-27)34-24-12-10-23(33)11-13-24/h3-9,18-19,23-24,33H,10-17H2,1-2H3,(H,28,29,30). The van der Waals surface area contributed by atoms with Gasteiger partial charge in [0, 0.05) is 55.2 Å². The molecule has 0 atom stereocenters. The monoisotopic (exact) mass is 461 g/mol. The van der Waals surface area contributed by atoms with Gasteiger partial charge in [0.05, 0.1) is 12.2 Å². The van der Waals surface area contributed by atoms with Crippen molar-refractivity contribution in [3.63, 3.8) is 0 Å². The number of hydrogen-bond acceptors (Lipinski definition) is 7. The summed E-state index contributed by atoms with van der Waals surface area (Å²) in [4.78, 5) is 14.3. The molecule has 3 aromatic rings. The number of anilines is 3. The van der Waals surface area contributed by atoms with Crippen molar-refractivity contribution >= 4 is 28.2 Å². The molecule has 0 amide bonds. The highest BCUT2D eigenvalue weighted by atomic mass is 16.5. The fourth-order valence-corrected chi connectivity index (χ4v) is 4.91. The van der Waals surface area contributed by atoms with Crippen molar-refractivity contribution in [1.82, 2.24) is 14.9 Å². The van der Waals surface area contributed by atoms with Crippen LogP contribution in [0.15, 0.2) is 48.7 Å². The molecule has 1 saturated carbocycles. The number of aliphatic hydroxyl groups is 1. The summed E-state index contributed by atoms with van der Waals surface area (Å²) in [5, 5.41) is 14.1. The normalized spacial score (nSPS) is 21.7. The first-order valence-electron chi connectivity index (χ1n) is 12.5. The van der Waals surface area contributed by atoms with Gasteiger partial charge in [-0.1, -0.05) is 12.1 Å². The number of para-hydroxylation sites is 1. The highest BCUT2D eigenvalue weighted by Gasteiger charge is 2.22. The number of hydrogen-bond donors (Lipinski definition) is 2. The van der Waals surface area contributed by atoms with Crippen LogP contribution >= 0.6 is 0 Å². The molecule has 2 heterocycles. The smallest absolute Gasteiger partial charge is 0.227 e. The van der Waals surface area contributed by atoms with Gasteiger partial charge in [-0.15, -0.1) is 0 Å². The molecule has 2 aromatic carbocycles. The van der Waals surface area contributed by atoms with E-state index in [1.807, 2.05) is 24.4 Å². The van der Waals surface area contributed by atoms with Gasteiger partial charge in [0.2, 0.25) is 5.95 Å². The van der Waals surface area contributed by atoms with E-state index in [9.17, 15) is 5.11 Å². The zero-order chi connectivity index (χ0) is 23.5. The molecule has 34 heavy (non-hydrogen) atoms. The average molecular weight is 462 g/mol. The van der Waals surface area contributed by atoms with Crippen LogP contribution in [0.3, 0.4) is 0 Å². The number of rotatable bonds is 6. The number of ether oxygens (including phenoxy) is 1. The van der Waals surface area contributed by atoms with Gasteiger partial charge >= 0.3 is 0 Å². The second-order valence-electron chi connectivity index (χ2n) is 9.72. The van der Waals surface area contributed by atoms with E-state index in [2.05, 4.69) is 58.2 Å². The minimum atomic E-state index is -0.193. The summed E-state index contributed by atoms with van der Waals surface area (Å²) in [5.41, 5.74) is 3.02. The highest BCUT2D eigenvalue weighted by molar-refractivity contribution is 5.85. The molecule has 1 aromatic heterocycles. The third-order valence-corrected chi connectivity index (χ3v) is 7.04. The van der Waals surface area contributed by atoms with Gasteiger partial charge in [-0.05, 0) is 69.9 Å². The van der Waals surface area contributed by atoms with Crippen LogP contribution in [0.2, 0.25) is 0 Å². The Morgan fingerprint density at radius 2 is 1.71 bits per heavy atom. The van der Waals surface area contributed by atoms with Crippen molar-refractivity contribution in [2.45, 2.75) is 57.8 Å². The Morgan fingerprint density at radius 1 is 0.971 bits per heavy atom. The molecule has 5 rings (SSSR count). The summed E-state index contributed by atoms with van der Waals surface area (Å²) >= 11 is 0. The van der Waals surface area contributed by atoms with Crippen molar-refractivity contribution in [3.05, 3.63) is 48.7 Å². The number of benzene rings is 2. The van der Waals surface area contributed by atoms with Crippen LogP contribution in [0, 0.1) is 0 Å². The lowest BCUT2D eigenvalue weighted by molar-refractivity contribution is 0.0672. The van der Waals surface area contributed by atoms with Gasteiger partial charge in [-0.3, -0.25) is 4.90 Å².